The number of carbonyl (C=O) groups excluding carboxylic acids is 2. The van der Waals surface area contributed by atoms with Gasteiger partial charge in [0.15, 0.2) is 0 Å². The van der Waals surface area contributed by atoms with E-state index in [-0.39, 0.29) is 5.75 Å². The van der Waals surface area contributed by atoms with Crippen molar-refractivity contribution in [2.45, 2.75) is 0 Å². The Morgan fingerprint density at radius 3 is 2.25 bits per heavy atom. The maximum atomic E-state index is 11.7. The van der Waals surface area contributed by atoms with Gasteiger partial charge >= 0.3 is 0 Å². The molecule has 4 heteroatoms. The number of aromatic hydroxyl groups is 1. The number of hydrogen-bond acceptors (Lipinski definition) is 3. The monoisotopic (exact) mass is 267 g/mol. The van der Waals surface area contributed by atoms with E-state index in [0.717, 1.165) is 5.56 Å². The molecule has 0 spiro atoms. The summed E-state index contributed by atoms with van der Waals surface area (Å²) in [5, 5.41) is 11.4. The Morgan fingerprint density at radius 1 is 0.950 bits per heavy atom. The van der Waals surface area contributed by atoms with Crippen LogP contribution >= 0.6 is 0 Å². The maximum Gasteiger partial charge on any atom is 0.258 e. The molecule has 0 radical (unpaired) electrons. The molecular weight excluding hydrogens is 254 g/mol. The van der Waals surface area contributed by atoms with E-state index in [9.17, 15) is 9.59 Å². The van der Waals surface area contributed by atoms with E-state index in [2.05, 4.69) is 5.32 Å². The predicted molar refractivity (Wildman–Crippen MR) is 76.1 cm³/mol. The summed E-state index contributed by atoms with van der Waals surface area (Å²) in [5.41, 5.74) is 1.18. The lowest BCUT2D eigenvalue weighted by Crippen LogP contribution is -2.28. The minimum Gasteiger partial charge on any atom is -0.508 e. The molecule has 2 aromatic rings. The lowest BCUT2D eigenvalue weighted by Gasteiger charge is -2.00. The Balaban J connectivity index is 1.96. The molecule has 0 aliphatic rings. The van der Waals surface area contributed by atoms with Crippen LogP contribution in [0.2, 0.25) is 0 Å². The van der Waals surface area contributed by atoms with Crippen molar-refractivity contribution in [3.05, 3.63) is 71.8 Å². The van der Waals surface area contributed by atoms with Crippen LogP contribution in [0.4, 0.5) is 0 Å². The third kappa shape index (κ3) is 3.81. The first kappa shape index (κ1) is 13.5. The molecular formula is C16H13NO3. The molecule has 100 valence electrons. The maximum absolute atomic E-state index is 11.7. The number of benzene rings is 2. The molecule has 2 rings (SSSR count). The van der Waals surface area contributed by atoms with Gasteiger partial charge < -0.3 is 5.11 Å². The fourth-order valence-corrected chi connectivity index (χ4v) is 1.57. The fraction of sp³-hybridized carbons (Fsp3) is 0. The summed E-state index contributed by atoms with van der Waals surface area (Å²) in [7, 11) is 0. The van der Waals surface area contributed by atoms with E-state index in [0.29, 0.717) is 5.56 Å². The zero-order chi connectivity index (χ0) is 14.4. The summed E-state index contributed by atoms with van der Waals surface area (Å²) in [6.45, 7) is 0. The molecule has 0 aliphatic heterocycles. The van der Waals surface area contributed by atoms with Gasteiger partial charge in [0.2, 0.25) is 0 Å². The molecule has 4 nitrogen and oxygen atoms in total. The van der Waals surface area contributed by atoms with Crippen LogP contribution < -0.4 is 5.32 Å². The Hall–Kier alpha value is -2.88. The molecule has 2 amide bonds. The summed E-state index contributed by atoms with van der Waals surface area (Å²) in [4.78, 5) is 23.3. The molecule has 0 saturated heterocycles. The third-order valence-corrected chi connectivity index (χ3v) is 2.59. The van der Waals surface area contributed by atoms with E-state index in [1.165, 1.54) is 18.2 Å². The zero-order valence-corrected chi connectivity index (χ0v) is 10.6. The molecule has 0 heterocycles. The minimum atomic E-state index is -0.494. The number of rotatable bonds is 3. The molecule has 0 unspecified atom stereocenters. The highest BCUT2D eigenvalue weighted by Crippen LogP contribution is 2.10. The first-order chi connectivity index (χ1) is 9.65. The van der Waals surface area contributed by atoms with Crippen molar-refractivity contribution in [2.75, 3.05) is 0 Å². The number of phenolic OH excluding ortho intramolecular Hbond substituents is 1. The van der Waals surface area contributed by atoms with Crippen LogP contribution in [0, 0.1) is 0 Å². The first-order valence-corrected chi connectivity index (χ1v) is 6.02. The molecule has 0 aromatic heterocycles. The normalized spacial score (nSPS) is 10.4. The van der Waals surface area contributed by atoms with E-state index < -0.39 is 11.8 Å². The SMILES string of the molecule is O=C(/C=C/c1ccc(O)cc1)NC(=O)c1ccccc1. The van der Waals surface area contributed by atoms with Gasteiger partial charge in [-0.1, -0.05) is 30.3 Å². The average molecular weight is 267 g/mol. The number of carbonyl (C=O) groups is 2. The largest absolute Gasteiger partial charge is 0.508 e. The highest BCUT2D eigenvalue weighted by atomic mass is 16.3. The predicted octanol–water partition coefficient (Wildman–Crippen LogP) is 2.36. The van der Waals surface area contributed by atoms with Crippen molar-refractivity contribution in [1.82, 2.24) is 5.32 Å². The van der Waals surface area contributed by atoms with Gasteiger partial charge in [0.25, 0.3) is 11.8 Å². The minimum absolute atomic E-state index is 0.158. The van der Waals surface area contributed by atoms with Crippen molar-refractivity contribution >= 4 is 17.9 Å². The van der Waals surface area contributed by atoms with Crippen LogP contribution in [0.5, 0.6) is 5.75 Å². The van der Waals surface area contributed by atoms with Crippen molar-refractivity contribution in [3.8, 4) is 5.75 Å². The van der Waals surface area contributed by atoms with Gasteiger partial charge in [-0.15, -0.1) is 0 Å². The Labute approximate surface area is 116 Å². The lowest BCUT2D eigenvalue weighted by molar-refractivity contribution is -0.115. The summed E-state index contributed by atoms with van der Waals surface area (Å²) in [6, 6.07) is 14.9. The van der Waals surface area contributed by atoms with E-state index in [1.807, 2.05) is 0 Å². The molecule has 2 aromatic carbocycles. The van der Waals surface area contributed by atoms with Crippen molar-refractivity contribution < 1.29 is 14.7 Å². The Morgan fingerprint density at radius 2 is 1.60 bits per heavy atom. The van der Waals surface area contributed by atoms with Crippen LogP contribution in [0.25, 0.3) is 6.08 Å². The molecule has 0 fully saturated rings. The van der Waals surface area contributed by atoms with Crippen LogP contribution in [0.3, 0.4) is 0 Å². The molecule has 0 bridgehead atoms. The number of imide groups is 1. The summed E-state index contributed by atoms with van der Waals surface area (Å²) in [5.74, 6) is -0.774. The molecule has 0 aliphatic carbocycles. The van der Waals surface area contributed by atoms with E-state index >= 15 is 0 Å². The van der Waals surface area contributed by atoms with Crippen LogP contribution in [0.1, 0.15) is 15.9 Å². The van der Waals surface area contributed by atoms with Gasteiger partial charge in [0, 0.05) is 11.6 Å². The first-order valence-electron chi connectivity index (χ1n) is 6.02. The summed E-state index contributed by atoms with van der Waals surface area (Å²) < 4.78 is 0. The van der Waals surface area contributed by atoms with Gasteiger partial charge in [-0.2, -0.15) is 0 Å². The standard InChI is InChI=1S/C16H13NO3/c18-14-9-6-12(7-10-14)8-11-15(19)17-16(20)13-4-2-1-3-5-13/h1-11,18H,(H,17,19,20)/b11-8+. The molecule has 20 heavy (non-hydrogen) atoms. The zero-order valence-electron chi connectivity index (χ0n) is 10.6. The van der Waals surface area contributed by atoms with Crippen molar-refractivity contribution in [2.24, 2.45) is 0 Å². The topological polar surface area (TPSA) is 66.4 Å². The quantitative estimate of drug-likeness (QED) is 0.839. The van der Waals surface area contributed by atoms with Gasteiger partial charge in [0.05, 0.1) is 0 Å². The van der Waals surface area contributed by atoms with Gasteiger partial charge in [-0.05, 0) is 35.9 Å². The van der Waals surface area contributed by atoms with Crippen molar-refractivity contribution in [1.29, 1.82) is 0 Å². The molecule has 2 N–H and O–H groups in total. The average Bonchev–Trinajstić information content (AvgIpc) is 2.47. The number of phenols is 1. The van der Waals surface area contributed by atoms with Gasteiger partial charge in [-0.3, -0.25) is 14.9 Å². The second-order valence-electron chi connectivity index (χ2n) is 4.11. The second-order valence-corrected chi connectivity index (χ2v) is 4.11. The van der Waals surface area contributed by atoms with Crippen LogP contribution in [0.15, 0.2) is 60.7 Å². The van der Waals surface area contributed by atoms with E-state index in [4.69, 9.17) is 5.11 Å². The highest BCUT2D eigenvalue weighted by Gasteiger charge is 2.06. The van der Waals surface area contributed by atoms with Crippen LogP contribution in [-0.2, 0) is 4.79 Å². The molecule has 0 saturated carbocycles. The van der Waals surface area contributed by atoms with Crippen molar-refractivity contribution in [3.63, 3.8) is 0 Å². The Kier molecular flexibility index (Phi) is 4.29. The highest BCUT2D eigenvalue weighted by molar-refractivity contribution is 6.09. The third-order valence-electron chi connectivity index (χ3n) is 2.59. The Bertz CT molecular complexity index is 631. The van der Waals surface area contributed by atoms with Gasteiger partial charge in [0.1, 0.15) is 5.75 Å². The second kappa shape index (κ2) is 6.33. The smallest absolute Gasteiger partial charge is 0.258 e. The van der Waals surface area contributed by atoms with Gasteiger partial charge in [-0.25, -0.2) is 0 Å². The molecule has 0 atom stereocenters. The summed E-state index contributed by atoms with van der Waals surface area (Å²) in [6.07, 6.45) is 2.83. The number of hydrogen-bond donors (Lipinski definition) is 2. The fourth-order valence-electron chi connectivity index (χ4n) is 1.57. The van der Waals surface area contributed by atoms with Crippen LogP contribution in [-0.4, -0.2) is 16.9 Å². The summed E-state index contributed by atoms with van der Waals surface area (Å²) >= 11 is 0. The lowest BCUT2D eigenvalue weighted by atomic mass is 10.2. The number of amides is 2. The van der Waals surface area contributed by atoms with E-state index in [1.54, 1.807) is 48.5 Å². The number of nitrogens with one attached hydrogen (secondary N) is 1.